The van der Waals surface area contributed by atoms with Crippen molar-refractivity contribution in [3.63, 3.8) is 0 Å². The Morgan fingerprint density at radius 3 is 2.26 bits per heavy atom. The number of hydrogen-bond donors (Lipinski definition) is 1. The molecule has 0 aromatic heterocycles. The third-order valence-electron chi connectivity index (χ3n) is 3.98. The van der Waals surface area contributed by atoms with Crippen LogP contribution in [0.2, 0.25) is 0 Å². The third kappa shape index (κ3) is 3.57. The van der Waals surface area contributed by atoms with Crippen LogP contribution in [0.1, 0.15) is 44.7 Å². The van der Waals surface area contributed by atoms with Gasteiger partial charge in [0.15, 0.2) is 0 Å². The molecule has 1 aromatic rings. The molecular formula is C16H26N2O. The summed E-state index contributed by atoms with van der Waals surface area (Å²) in [7, 11) is 0. The molecule has 3 nitrogen and oxygen atoms in total. The molecule has 1 amide bonds. The van der Waals surface area contributed by atoms with E-state index in [2.05, 4.69) is 19.1 Å². The van der Waals surface area contributed by atoms with E-state index in [0.717, 1.165) is 0 Å². The molecular weight excluding hydrogens is 236 g/mol. The van der Waals surface area contributed by atoms with E-state index in [1.54, 1.807) is 0 Å². The summed E-state index contributed by atoms with van der Waals surface area (Å²) in [5.41, 5.74) is 7.89. The summed E-state index contributed by atoms with van der Waals surface area (Å²) in [4.78, 5) is 14.4. The highest BCUT2D eigenvalue weighted by Crippen LogP contribution is 2.18. The van der Waals surface area contributed by atoms with Crippen LogP contribution in [0, 0.1) is 6.92 Å². The van der Waals surface area contributed by atoms with E-state index in [4.69, 9.17) is 5.73 Å². The number of likely N-dealkylation sites (N-methyl/N-ethyl adjacent to an activating group) is 1. The number of rotatable bonds is 6. The standard InChI is InChI=1S/C16H26N2O/c1-5-16(17,6-2)15(19)18(7-3)12-14-11-9-8-10-13(14)4/h8-11H,5-7,12,17H2,1-4H3. The van der Waals surface area contributed by atoms with Crippen LogP contribution in [0.5, 0.6) is 0 Å². The van der Waals surface area contributed by atoms with Crippen molar-refractivity contribution in [2.45, 2.75) is 52.6 Å². The minimum Gasteiger partial charge on any atom is -0.337 e. The molecule has 0 aliphatic heterocycles. The van der Waals surface area contributed by atoms with Gasteiger partial charge in [-0.15, -0.1) is 0 Å². The highest BCUT2D eigenvalue weighted by Gasteiger charge is 2.33. The van der Waals surface area contributed by atoms with Crippen LogP contribution in [-0.2, 0) is 11.3 Å². The molecule has 106 valence electrons. The van der Waals surface area contributed by atoms with Gasteiger partial charge < -0.3 is 10.6 Å². The topological polar surface area (TPSA) is 46.3 Å². The number of nitrogens with zero attached hydrogens (tertiary/aromatic N) is 1. The van der Waals surface area contributed by atoms with E-state index in [9.17, 15) is 4.79 Å². The van der Waals surface area contributed by atoms with Gasteiger partial charge in [-0.05, 0) is 37.8 Å². The Bertz CT molecular complexity index is 425. The molecule has 0 unspecified atom stereocenters. The van der Waals surface area contributed by atoms with Gasteiger partial charge in [-0.3, -0.25) is 4.79 Å². The predicted molar refractivity (Wildman–Crippen MR) is 79.8 cm³/mol. The lowest BCUT2D eigenvalue weighted by molar-refractivity contribution is -0.137. The maximum atomic E-state index is 12.6. The second-order valence-electron chi connectivity index (χ2n) is 5.11. The van der Waals surface area contributed by atoms with Crippen molar-refractivity contribution in [1.82, 2.24) is 4.90 Å². The summed E-state index contributed by atoms with van der Waals surface area (Å²) >= 11 is 0. The fraction of sp³-hybridized carbons (Fsp3) is 0.562. The molecule has 3 heteroatoms. The number of carbonyl (C=O) groups excluding carboxylic acids is 1. The molecule has 2 N–H and O–H groups in total. The average Bonchev–Trinajstić information content (AvgIpc) is 2.45. The van der Waals surface area contributed by atoms with Gasteiger partial charge in [0.25, 0.3) is 0 Å². The van der Waals surface area contributed by atoms with E-state index in [-0.39, 0.29) is 5.91 Å². The van der Waals surface area contributed by atoms with Crippen molar-refractivity contribution < 1.29 is 4.79 Å². The van der Waals surface area contributed by atoms with Gasteiger partial charge in [0.2, 0.25) is 5.91 Å². The molecule has 0 radical (unpaired) electrons. The molecule has 0 saturated carbocycles. The summed E-state index contributed by atoms with van der Waals surface area (Å²) in [5, 5.41) is 0. The number of benzene rings is 1. The molecule has 0 aliphatic rings. The first-order valence-corrected chi connectivity index (χ1v) is 7.11. The lowest BCUT2D eigenvalue weighted by Gasteiger charge is -2.32. The van der Waals surface area contributed by atoms with E-state index >= 15 is 0 Å². The zero-order valence-electron chi connectivity index (χ0n) is 12.6. The van der Waals surface area contributed by atoms with Gasteiger partial charge in [0.05, 0.1) is 5.54 Å². The maximum Gasteiger partial charge on any atom is 0.242 e. The van der Waals surface area contributed by atoms with Crippen molar-refractivity contribution in [3.8, 4) is 0 Å². The molecule has 0 saturated heterocycles. The first-order valence-electron chi connectivity index (χ1n) is 7.11. The Labute approximate surface area is 116 Å². The average molecular weight is 262 g/mol. The summed E-state index contributed by atoms with van der Waals surface area (Å²) in [6.07, 6.45) is 1.35. The summed E-state index contributed by atoms with van der Waals surface area (Å²) in [5.74, 6) is 0.0586. The first kappa shape index (κ1) is 15.7. The van der Waals surface area contributed by atoms with Crippen LogP contribution in [0.15, 0.2) is 24.3 Å². The van der Waals surface area contributed by atoms with Gasteiger partial charge in [-0.1, -0.05) is 38.1 Å². The number of hydrogen-bond acceptors (Lipinski definition) is 2. The molecule has 1 rings (SSSR count). The van der Waals surface area contributed by atoms with Crippen molar-refractivity contribution >= 4 is 5.91 Å². The van der Waals surface area contributed by atoms with Crippen molar-refractivity contribution in [2.75, 3.05) is 6.54 Å². The second-order valence-corrected chi connectivity index (χ2v) is 5.11. The van der Waals surface area contributed by atoms with Crippen LogP contribution in [-0.4, -0.2) is 22.9 Å². The van der Waals surface area contributed by atoms with Gasteiger partial charge >= 0.3 is 0 Å². The van der Waals surface area contributed by atoms with Crippen LogP contribution < -0.4 is 5.73 Å². The third-order valence-corrected chi connectivity index (χ3v) is 3.98. The largest absolute Gasteiger partial charge is 0.337 e. The van der Waals surface area contributed by atoms with Crippen LogP contribution in [0.3, 0.4) is 0 Å². The molecule has 0 aliphatic carbocycles. The molecule has 0 atom stereocenters. The number of nitrogens with two attached hydrogens (primary N) is 1. The molecule has 0 bridgehead atoms. The van der Waals surface area contributed by atoms with E-state index in [1.165, 1.54) is 11.1 Å². The molecule has 19 heavy (non-hydrogen) atoms. The van der Waals surface area contributed by atoms with Gasteiger partial charge in [-0.2, -0.15) is 0 Å². The monoisotopic (exact) mass is 262 g/mol. The summed E-state index contributed by atoms with van der Waals surface area (Å²) in [6, 6.07) is 8.17. The summed E-state index contributed by atoms with van der Waals surface area (Å²) in [6.45, 7) is 9.35. The lowest BCUT2D eigenvalue weighted by Crippen LogP contribution is -2.54. The van der Waals surface area contributed by atoms with E-state index in [1.807, 2.05) is 37.8 Å². The predicted octanol–water partition coefficient (Wildman–Crippen LogP) is 2.86. The number of carbonyl (C=O) groups is 1. The fourth-order valence-electron chi connectivity index (χ4n) is 2.19. The zero-order valence-corrected chi connectivity index (χ0v) is 12.6. The molecule has 0 heterocycles. The van der Waals surface area contributed by atoms with Gasteiger partial charge in [0, 0.05) is 13.1 Å². The Morgan fingerprint density at radius 1 is 1.21 bits per heavy atom. The van der Waals surface area contributed by atoms with Crippen molar-refractivity contribution in [3.05, 3.63) is 35.4 Å². The Balaban J connectivity index is 2.90. The molecule has 0 spiro atoms. The van der Waals surface area contributed by atoms with Crippen molar-refractivity contribution in [1.29, 1.82) is 0 Å². The Kier molecular flexibility index (Phi) is 5.55. The van der Waals surface area contributed by atoms with Crippen molar-refractivity contribution in [2.24, 2.45) is 5.73 Å². The quantitative estimate of drug-likeness (QED) is 0.857. The fourth-order valence-corrected chi connectivity index (χ4v) is 2.19. The minimum absolute atomic E-state index is 0.0586. The van der Waals surface area contributed by atoms with Crippen LogP contribution >= 0.6 is 0 Å². The molecule has 1 aromatic carbocycles. The van der Waals surface area contributed by atoms with E-state index in [0.29, 0.717) is 25.9 Å². The van der Waals surface area contributed by atoms with Crippen LogP contribution in [0.25, 0.3) is 0 Å². The van der Waals surface area contributed by atoms with Gasteiger partial charge in [-0.25, -0.2) is 0 Å². The smallest absolute Gasteiger partial charge is 0.242 e. The highest BCUT2D eigenvalue weighted by molar-refractivity contribution is 5.86. The zero-order chi connectivity index (χ0) is 14.5. The Hall–Kier alpha value is -1.35. The SMILES string of the molecule is CCN(Cc1ccccc1C)C(=O)C(N)(CC)CC. The Morgan fingerprint density at radius 2 is 1.79 bits per heavy atom. The molecule has 0 fully saturated rings. The van der Waals surface area contributed by atoms with Crippen LogP contribution in [0.4, 0.5) is 0 Å². The van der Waals surface area contributed by atoms with E-state index < -0.39 is 5.54 Å². The first-order chi connectivity index (χ1) is 8.98. The number of amides is 1. The summed E-state index contributed by atoms with van der Waals surface area (Å²) < 4.78 is 0. The second kappa shape index (κ2) is 6.71. The van der Waals surface area contributed by atoms with Gasteiger partial charge in [0.1, 0.15) is 0 Å². The highest BCUT2D eigenvalue weighted by atomic mass is 16.2. The normalized spacial score (nSPS) is 11.4. The maximum absolute atomic E-state index is 12.6. The number of aryl methyl sites for hydroxylation is 1. The lowest BCUT2D eigenvalue weighted by atomic mass is 9.92. The minimum atomic E-state index is -0.724.